The lowest BCUT2D eigenvalue weighted by molar-refractivity contribution is 0.0747. The number of para-hydroxylation sites is 1. The van der Waals surface area contributed by atoms with Gasteiger partial charge < -0.3 is 14.4 Å². The fourth-order valence-electron chi connectivity index (χ4n) is 4.47. The topological polar surface area (TPSA) is 41.4 Å². The third-order valence-corrected chi connectivity index (χ3v) is 6.14. The van der Waals surface area contributed by atoms with Gasteiger partial charge in [-0.3, -0.25) is 4.79 Å². The number of hydrogen-bond acceptors (Lipinski definition) is 3. The average molecular weight is 374 g/mol. The molecule has 0 unspecified atom stereocenters. The van der Waals surface area contributed by atoms with Crippen LogP contribution < -0.4 is 4.90 Å². The van der Waals surface area contributed by atoms with Gasteiger partial charge in [0.25, 0.3) is 5.91 Å². The molecule has 3 heterocycles. The maximum absolute atomic E-state index is 13.1. The lowest BCUT2D eigenvalue weighted by atomic mass is 10.0. The molecule has 5 heteroatoms. The molecule has 3 aromatic rings. The highest BCUT2D eigenvalue weighted by Crippen LogP contribution is 2.26. The molecule has 0 saturated carbocycles. The quantitative estimate of drug-likeness (QED) is 0.688. The zero-order valence-electron chi connectivity index (χ0n) is 16.3. The van der Waals surface area contributed by atoms with Crippen molar-refractivity contribution in [2.24, 2.45) is 5.92 Å². The molecule has 28 heavy (non-hydrogen) atoms. The van der Waals surface area contributed by atoms with Gasteiger partial charge in [0.2, 0.25) is 0 Å². The van der Waals surface area contributed by atoms with Crippen molar-refractivity contribution in [2.75, 3.05) is 31.1 Å². The van der Waals surface area contributed by atoms with Gasteiger partial charge in [0.1, 0.15) is 5.82 Å². The van der Waals surface area contributed by atoms with E-state index in [-0.39, 0.29) is 5.91 Å². The summed E-state index contributed by atoms with van der Waals surface area (Å²) < 4.78 is 2.32. The SMILES string of the molecule is C[C@H]1CCn2c(nc3cc(C(=O)N4CCN(c5ccccc5)CC4)ccc32)C1. The van der Waals surface area contributed by atoms with Crippen LogP contribution in [0, 0.1) is 5.92 Å². The van der Waals surface area contributed by atoms with Crippen molar-refractivity contribution in [2.45, 2.75) is 26.3 Å². The second-order valence-corrected chi connectivity index (χ2v) is 8.10. The van der Waals surface area contributed by atoms with Crippen LogP contribution in [0.15, 0.2) is 48.5 Å². The fraction of sp³-hybridized carbons (Fsp3) is 0.391. The third kappa shape index (κ3) is 3.05. The van der Waals surface area contributed by atoms with E-state index in [0.717, 1.165) is 61.6 Å². The molecule has 0 spiro atoms. The van der Waals surface area contributed by atoms with Gasteiger partial charge in [-0.05, 0) is 42.7 Å². The minimum atomic E-state index is 0.119. The number of aromatic nitrogens is 2. The molecule has 0 bridgehead atoms. The zero-order chi connectivity index (χ0) is 19.1. The number of nitrogens with zero attached hydrogens (tertiary/aromatic N) is 4. The number of fused-ring (bicyclic) bond motifs is 3. The van der Waals surface area contributed by atoms with Crippen LogP contribution in [0.25, 0.3) is 11.0 Å². The first-order valence-corrected chi connectivity index (χ1v) is 10.3. The molecule has 2 aromatic carbocycles. The number of benzene rings is 2. The van der Waals surface area contributed by atoms with Crippen molar-refractivity contribution >= 4 is 22.6 Å². The minimum absolute atomic E-state index is 0.119. The number of imidazole rings is 1. The highest BCUT2D eigenvalue weighted by atomic mass is 16.2. The van der Waals surface area contributed by atoms with Crippen molar-refractivity contribution in [1.29, 1.82) is 0 Å². The molecule has 1 atom stereocenters. The van der Waals surface area contributed by atoms with Crippen LogP contribution in [0.5, 0.6) is 0 Å². The van der Waals surface area contributed by atoms with Crippen molar-refractivity contribution in [3.8, 4) is 0 Å². The first-order chi connectivity index (χ1) is 13.7. The van der Waals surface area contributed by atoms with Gasteiger partial charge in [-0.1, -0.05) is 25.1 Å². The Balaban J connectivity index is 1.32. The maximum atomic E-state index is 13.1. The molecule has 0 N–H and O–H groups in total. The van der Waals surface area contributed by atoms with Crippen LogP contribution in [-0.2, 0) is 13.0 Å². The van der Waals surface area contributed by atoms with Gasteiger partial charge in [0.05, 0.1) is 11.0 Å². The molecule has 1 saturated heterocycles. The van der Waals surface area contributed by atoms with Gasteiger partial charge in [0, 0.05) is 50.4 Å². The summed E-state index contributed by atoms with van der Waals surface area (Å²) in [6.07, 6.45) is 2.23. The van der Waals surface area contributed by atoms with Crippen LogP contribution in [0.3, 0.4) is 0 Å². The Hall–Kier alpha value is -2.82. The van der Waals surface area contributed by atoms with Gasteiger partial charge in [-0.2, -0.15) is 0 Å². The molecule has 1 aromatic heterocycles. The number of aryl methyl sites for hydroxylation is 1. The predicted octanol–water partition coefficient (Wildman–Crippen LogP) is 3.58. The van der Waals surface area contributed by atoms with E-state index < -0.39 is 0 Å². The highest BCUT2D eigenvalue weighted by Gasteiger charge is 2.24. The largest absolute Gasteiger partial charge is 0.368 e. The van der Waals surface area contributed by atoms with E-state index in [9.17, 15) is 4.79 Å². The lowest BCUT2D eigenvalue weighted by Gasteiger charge is -2.36. The standard InChI is InChI=1S/C23H26N4O/c1-17-9-10-27-21-8-7-18(16-20(21)24-22(27)15-17)23(28)26-13-11-25(12-14-26)19-5-3-2-4-6-19/h2-8,16-17H,9-15H2,1H3/t17-/m0/s1. The summed E-state index contributed by atoms with van der Waals surface area (Å²) in [7, 11) is 0. The van der Waals surface area contributed by atoms with Crippen molar-refractivity contribution in [3.05, 3.63) is 59.9 Å². The Morgan fingerprint density at radius 3 is 2.57 bits per heavy atom. The number of rotatable bonds is 2. The zero-order valence-corrected chi connectivity index (χ0v) is 16.3. The van der Waals surface area contributed by atoms with E-state index in [1.165, 1.54) is 12.1 Å². The summed E-state index contributed by atoms with van der Waals surface area (Å²) in [5, 5.41) is 0. The molecule has 5 rings (SSSR count). The number of carbonyl (C=O) groups is 1. The molecule has 1 amide bonds. The smallest absolute Gasteiger partial charge is 0.254 e. The number of amides is 1. The Morgan fingerprint density at radius 1 is 1.00 bits per heavy atom. The number of piperazine rings is 1. The number of hydrogen-bond donors (Lipinski definition) is 0. The molecule has 0 radical (unpaired) electrons. The Labute approximate surface area is 165 Å². The third-order valence-electron chi connectivity index (χ3n) is 6.14. The fourth-order valence-corrected chi connectivity index (χ4v) is 4.47. The first-order valence-electron chi connectivity index (χ1n) is 10.3. The second kappa shape index (κ2) is 6.97. The van der Waals surface area contributed by atoms with Gasteiger partial charge >= 0.3 is 0 Å². The van der Waals surface area contributed by atoms with Gasteiger partial charge in [-0.25, -0.2) is 4.98 Å². The van der Waals surface area contributed by atoms with Crippen LogP contribution in [-0.4, -0.2) is 46.5 Å². The monoisotopic (exact) mass is 374 g/mol. The molecule has 5 nitrogen and oxygen atoms in total. The summed E-state index contributed by atoms with van der Waals surface area (Å²) in [6.45, 7) is 6.56. The van der Waals surface area contributed by atoms with Gasteiger partial charge in [-0.15, -0.1) is 0 Å². The van der Waals surface area contributed by atoms with E-state index in [4.69, 9.17) is 4.98 Å². The van der Waals surface area contributed by atoms with Crippen LogP contribution in [0.4, 0.5) is 5.69 Å². The molecular formula is C23H26N4O. The van der Waals surface area contributed by atoms with Crippen molar-refractivity contribution < 1.29 is 4.79 Å². The predicted molar refractivity (Wildman–Crippen MR) is 112 cm³/mol. The Morgan fingerprint density at radius 2 is 1.79 bits per heavy atom. The van der Waals surface area contributed by atoms with E-state index in [1.54, 1.807) is 0 Å². The van der Waals surface area contributed by atoms with E-state index in [2.05, 4.69) is 46.7 Å². The van der Waals surface area contributed by atoms with Crippen molar-refractivity contribution in [3.63, 3.8) is 0 Å². The summed E-state index contributed by atoms with van der Waals surface area (Å²) >= 11 is 0. The summed E-state index contributed by atoms with van der Waals surface area (Å²) in [5.41, 5.74) is 4.10. The molecule has 144 valence electrons. The molecule has 0 aliphatic carbocycles. The minimum Gasteiger partial charge on any atom is -0.368 e. The summed E-state index contributed by atoms with van der Waals surface area (Å²) in [6, 6.07) is 16.5. The van der Waals surface area contributed by atoms with Crippen LogP contribution in [0.2, 0.25) is 0 Å². The van der Waals surface area contributed by atoms with E-state index in [1.807, 2.05) is 23.1 Å². The summed E-state index contributed by atoms with van der Waals surface area (Å²) in [4.78, 5) is 22.2. The van der Waals surface area contributed by atoms with E-state index in [0.29, 0.717) is 5.92 Å². The molecule has 1 fully saturated rings. The van der Waals surface area contributed by atoms with Crippen LogP contribution >= 0.6 is 0 Å². The molecule has 2 aliphatic heterocycles. The number of anilines is 1. The molecule has 2 aliphatic rings. The normalized spacial score (nSPS) is 19.7. The van der Waals surface area contributed by atoms with Crippen molar-refractivity contribution in [1.82, 2.24) is 14.5 Å². The highest BCUT2D eigenvalue weighted by molar-refractivity contribution is 5.97. The maximum Gasteiger partial charge on any atom is 0.254 e. The summed E-state index contributed by atoms with van der Waals surface area (Å²) in [5.74, 6) is 1.97. The van der Waals surface area contributed by atoms with Gasteiger partial charge in [0.15, 0.2) is 0 Å². The second-order valence-electron chi connectivity index (χ2n) is 8.10. The average Bonchev–Trinajstić information content (AvgIpc) is 3.10. The number of carbonyl (C=O) groups excluding carboxylic acids is 1. The lowest BCUT2D eigenvalue weighted by Crippen LogP contribution is -2.48. The molecular weight excluding hydrogens is 348 g/mol. The van der Waals surface area contributed by atoms with Crippen LogP contribution in [0.1, 0.15) is 29.5 Å². The Bertz CT molecular complexity index is 1000. The first kappa shape index (κ1) is 17.3. The van der Waals surface area contributed by atoms with E-state index >= 15 is 0 Å². The Kier molecular flexibility index (Phi) is 4.30.